The molecule has 0 aliphatic heterocycles. The predicted molar refractivity (Wildman–Crippen MR) is 75.7 cm³/mol. The molecule has 18 heavy (non-hydrogen) atoms. The standard InChI is InChI=1S/C16H27NO/c1-10-11(2)14(17-12(10)3)15(18)13-8-6-7-9-16(13,4)5/h13,15,17-18H,6-9H2,1-5H3. The van der Waals surface area contributed by atoms with Crippen molar-refractivity contribution < 1.29 is 5.11 Å². The maximum Gasteiger partial charge on any atom is 0.0973 e. The SMILES string of the molecule is Cc1[nH]c(C(O)C2CCCCC2(C)C)c(C)c1C. The van der Waals surface area contributed by atoms with E-state index in [9.17, 15) is 5.11 Å². The Morgan fingerprint density at radius 2 is 1.83 bits per heavy atom. The maximum atomic E-state index is 10.8. The number of nitrogens with one attached hydrogen (secondary N) is 1. The highest BCUT2D eigenvalue weighted by Crippen LogP contribution is 2.47. The van der Waals surface area contributed by atoms with Gasteiger partial charge in [-0.25, -0.2) is 0 Å². The summed E-state index contributed by atoms with van der Waals surface area (Å²) in [6.07, 6.45) is 4.59. The first-order valence-electron chi connectivity index (χ1n) is 7.18. The van der Waals surface area contributed by atoms with Gasteiger partial charge in [-0.2, -0.15) is 0 Å². The van der Waals surface area contributed by atoms with Crippen molar-refractivity contribution in [2.45, 2.75) is 66.4 Å². The molecule has 0 amide bonds. The summed E-state index contributed by atoms with van der Waals surface area (Å²) >= 11 is 0. The fourth-order valence-electron chi connectivity index (χ4n) is 3.48. The summed E-state index contributed by atoms with van der Waals surface area (Å²) in [4.78, 5) is 3.40. The van der Waals surface area contributed by atoms with Crippen LogP contribution >= 0.6 is 0 Å². The number of aliphatic hydroxyl groups excluding tert-OH is 1. The van der Waals surface area contributed by atoms with Crippen LogP contribution in [0.3, 0.4) is 0 Å². The van der Waals surface area contributed by atoms with E-state index in [1.165, 1.54) is 36.1 Å². The molecular formula is C16H27NO. The van der Waals surface area contributed by atoms with Gasteiger partial charge in [0.1, 0.15) is 0 Å². The summed E-state index contributed by atoms with van der Waals surface area (Å²) in [7, 11) is 0. The molecule has 1 aliphatic carbocycles. The molecule has 0 bridgehead atoms. The molecule has 1 saturated carbocycles. The van der Waals surface area contributed by atoms with Gasteiger partial charge in [0.2, 0.25) is 0 Å². The van der Waals surface area contributed by atoms with Crippen LogP contribution in [0.4, 0.5) is 0 Å². The fraction of sp³-hybridized carbons (Fsp3) is 0.750. The number of H-pyrrole nitrogens is 1. The molecule has 102 valence electrons. The fourth-order valence-corrected chi connectivity index (χ4v) is 3.48. The van der Waals surface area contributed by atoms with E-state index < -0.39 is 0 Å². The highest BCUT2D eigenvalue weighted by Gasteiger charge is 2.38. The molecule has 0 saturated heterocycles. The zero-order valence-corrected chi connectivity index (χ0v) is 12.4. The molecule has 1 aliphatic rings. The lowest BCUT2D eigenvalue weighted by molar-refractivity contribution is 0.00136. The minimum atomic E-state index is -0.340. The van der Waals surface area contributed by atoms with Gasteiger partial charge in [0, 0.05) is 11.4 Å². The van der Waals surface area contributed by atoms with E-state index in [1.54, 1.807) is 0 Å². The van der Waals surface area contributed by atoms with Crippen LogP contribution in [0.2, 0.25) is 0 Å². The van der Waals surface area contributed by atoms with Gasteiger partial charge in [-0.1, -0.05) is 26.7 Å². The van der Waals surface area contributed by atoms with E-state index in [2.05, 4.69) is 39.6 Å². The van der Waals surface area contributed by atoms with Crippen LogP contribution in [-0.4, -0.2) is 10.1 Å². The third kappa shape index (κ3) is 2.23. The first-order chi connectivity index (χ1) is 8.34. The van der Waals surface area contributed by atoms with Crippen LogP contribution in [0.25, 0.3) is 0 Å². The van der Waals surface area contributed by atoms with Gasteiger partial charge < -0.3 is 10.1 Å². The van der Waals surface area contributed by atoms with E-state index in [0.717, 1.165) is 12.1 Å². The smallest absolute Gasteiger partial charge is 0.0973 e. The number of hydrogen-bond donors (Lipinski definition) is 2. The van der Waals surface area contributed by atoms with E-state index in [-0.39, 0.29) is 11.5 Å². The van der Waals surface area contributed by atoms with Crippen molar-refractivity contribution in [2.24, 2.45) is 11.3 Å². The number of aromatic nitrogens is 1. The Hall–Kier alpha value is -0.760. The molecule has 2 nitrogen and oxygen atoms in total. The van der Waals surface area contributed by atoms with Crippen LogP contribution in [0, 0.1) is 32.1 Å². The summed E-state index contributed by atoms with van der Waals surface area (Å²) in [6.45, 7) is 10.9. The number of aliphatic hydroxyl groups is 1. The van der Waals surface area contributed by atoms with Crippen molar-refractivity contribution in [3.8, 4) is 0 Å². The predicted octanol–water partition coefficient (Wildman–Crippen LogP) is 4.19. The summed E-state index contributed by atoms with van der Waals surface area (Å²) in [5, 5.41) is 10.8. The first kappa shape index (κ1) is 13.7. The highest BCUT2D eigenvalue weighted by molar-refractivity contribution is 5.35. The van der Waals surface area contributed by atoms with Crippen LogP contribution in [0.1, 0.15) is 68.1 Å². The molecule has 1 fully saturated rings. The average molecular weight is 249 g/mol. The maximum absolute atomic E-state index is 10.8. The number of hydrogen-bond acceptors (Lipinski definition) is 1. The normalized spacial score (nSPS) is 25.1. The molecule has 2 N–H and O–H groups in total. The van der Waals surface area contributed by atoms with E-state index >= 15 is 0 Å². The van der Waals surface area contributed by atoms with Crippen molar-refractivity contribution in [3.63, 3.8) is 0 Å². The molecule has 0 spiro atoms. The number of rotatable bonds is 2. The Bertz CT molecular complexity index is 431. The van der Waals surface area contributed by atoms with Crippen molar-refractivity contribution in [1.82, 2.24) is 4.98 Å². The van der Waals surface area contributed by atoms with Crippen LogP contribution < -0.4 is 0 Å². The Labute approximate surface area is 111 Å². The van der Waals surface area contributed by atoms with E-state index in [4.69, 9.17) is 0 Å². The van der Waals surface area contributed by atoms with Crippen molar-refractivity contribution >= 4 is 0 Å². The Balaban J connectivity index is 2.30. The molecule has 2 unspecified atom stereocenters. The van der Waals surface area contributed by atoms with Gasteiger partial charge in [0.05, 0.1) is 6.10 Å². The number of aromatic amines is 1. The summed E-state index contributed by atoms with van der Waals surface area (Å²) in [5.41, 5.74) is 5.01. The molecule has 1 aromatic rings. The van der Waals surface area contributed by atoms with Gasteiger partial charge in [0.15, 0.2) is 0 Å². The van der Waals surface area contributed by atoms with Crippen LogP contribution in [0.15, 0.2) is 0 Å². The molecule has 2 atom stereocenters. The lowest BCUT2D eigenvalue weighted by Crippen LogP contribution is -2.33. The summed E-state index contributed by atoms with van der Waals surface area (Å²) in [6, 6.07) is 0. The number of aryl methyl sites for hydroxylation is 1. The minimum absolute atomic E-state index is 0.247. The lowest BCUT2D eigenvalue weighted by Gasteiger charge is -2.41. The minimum Gasteiger partial charge on any atom is -0.387 e. The Morgan fingerprint density at radius 1 is 1.17 bits per heavy atom. The first-order valence-corrected chi connectivity index (χ1v) is 7.18. The summed E-state index contributed by atoms with van der Waals surface area (Å²) < 4.78 is 0. The molecule has 0 aromatic carbocycles. The monoisotopic (exact) mass is 249 g/mol. The van der Waals surface area contributed by atoms with Gasteiger partial charge in [-0.15, -0.1) is 0 Å². The van der Waals surface area contributed by atoms with Crippen molar-refractivity contribution in [3.05, 3.63) is 22.5 Å². The molecule has 2 heteroatoms. The molecule has 0 radical (unpaired) electrons. The van der Waals surface area contributed by atoms with Gasteiger partial charge in [0.25, 0.3) is 0 Å². The van der Waals surface area contributed by atoms with Crippen LogP contribution in [-0.2, 0) is 0 Å². The third-order valence-electron chi connectivity index (χ3n) is 5.12. The molecular weight excluding hydrogens is 222 g/mol. The third-order valence-corrected chi connectivity index (χ3v) is 5.12. The van der Waals surface area contributed by atoms with Crippen molar-refractivity contribution in [1.29, 1.82) is 0 Å². The molecule has 2 rings (SSSR count). The summed E-state index contributed by atoms with van der Waals surface area (Å²) in [5.74, 6) is 0.377. The lowest BCUT2D eigenvalue weighted by atomic mass is 9.66. The second kappa shape index (κ2) is 4.73. The molecule has 1 heterocycles. The van der Waals surface area contributed by atoms with Crippen LogP contribution in [0.5, 0.6) is 0 Å². The zero-order valence-electron chi connectivity index (χ0n) is 12.4. The average Bonchev–Trinajstić information content (AvgIpc) is 2.56. The topological polar surface area (TPSA) is 36.0 Å². The zero-order chi connectivity index (χ0) is 13.5. The molecule has 1 aromatic heterocycles. The Kier molecular flexibility index (Phi) is 3.59. The Morgan fingerprint density at radius 3 is 2.33 bits per heavy atom. The van der Waals surface area contributed by atoms with Gasteiger partial charge in [-0.3, -0.25) is 0 Å². The van der Waals surface area contributed by atoms with E-state index in [1.807, 2.05) is 0 Å². The second-order valence-corrected chi connectivity index (χ2v) is 6.70. The van der Waals surface area contributed by atoms with Gasteiger partial charge in [-0.05, 0) is 56.1 Å². The quantitative estimate of drug-likeness (QED) is 0.810. The van der Waals surface area contributed by atoms with Gasteiger partial charge >= 0.3 is 0 Å². The van der Waals surface area contributed by atoms with E-state index in [0.29, 0.717) is 5.92 Å². The highest BCUT2D eigenvalue weighted by atomic mass is 16.3. The largest absolute Gasteiger partial charge is 0.387 e. The van der Waals surface area contributed by atoms with Crippen molar-refractivity contribution in [2.75, 3.05) is 0 Å². The second-order valence-electron chi connectivity index (χ2n) is 6.70.